The first-order valence-corrected chi connectivity index (χ1v) is 4.93. The van der Waals surface area contributed by atoms with Gasteiger partial charge in [-0.3, -0.25) is 19.7 Å². The number of nitrogens with zero attached hydrogens (tertiary/aromatic N) is 1. The van der Waals surface area contributed by atoms with E-state index < -0.39 is 29.3 Å². The number of non-ortho nitro benzene ring substituents is 1. The normalized spacial score (nSPS) is 11.6. The smallest absolute Gasteiger partial charge is 0.305 e. The topological polar surface area (TPSA) is 136 Å². The van der Waals surface area contributed by atoms with E-state index in [1.807, 2.05) is 0 Å². The molecule has 8 nitrogen and oxygen atoms in total. The Morgan fingerprint density at radius 1 is 1.39 bits per heavy atom. The molecule has 18 heavy (non-hydrogen) atoms. The van der Waals surface area contributed by atoms with E-state index >= 15 is 0 Å². The molecule has 1 atom stereocenters. The van der Waals surface area contributed by atoms with E-state index in [0.717, 1.165) is 0 Å². The Labute approximate surface area is 102 Å². The third-order valence-corrected chi connectivity index (χ3v) is 2.08. The van der Waals surface area contributed by atoms with Gasteiger partial charge in [0, 0.05) is 17.8 Å². The van der Waals surface area contributed by atoms with Gasteiger partial charge in [0.15, 0.2) is 0 Å². The quantitative estimate of drug-likeness (QED) is 0.511. The molecular formula is C10H11N3O5. The Morgan fingerprint density at radius 2 is 1.94 bits per heavy atom. The summed E-state index contributed by atoms with van der Waals surface area (Å²) in [5.74, 6) is -1.84. The number of hydrogen-bond acceptors (Lipinski definition) is 5. The number of aliphatic carboxylic acids is 1. The highest BCUT2D eigenvalue weighted by Gasteiger charge is 2.17. The number of benzene rings is 1. The molecule has 1 aromatic carbocycles. The van der Waals surface area contributed by atoms with Crippen LogP contribution in [0.2, 0.25) is 0 Å². The molecule has 0 aliphatic heterocycles. The molecule has 1 rings (SSSR count). The Morgan fingerprint density at radius 3 is 2.39 bits per heavy atom. The van der Waals surface area contributed by atoms with Crippen molar-refractivity contribution in [1.82, 2.24) is 0 Å². The molecule has 0 aliphatic rings. The maximum atomic E-state index is 11.4. The number of hydrogen-bond donors (Lipinski definition) is 3. The number of carbonyl (C=O) groups is 2. The zero-order valence-corrected chi connectivity index (χ0v) is 9.20. The van der Waals surface area contributed by atoms with Crippen LogP contribution in [0, 0.1) is 10.1 Å². The number of nitrogens with two attached hydrogens (primary N) is 1. The summed E-state index contributed by atoms with van der Waals surface area (Å²) in [6, 6.07) is 3.95. The first-order chi connectivity index (χ1) is 8.40. The van der Waals surface area contributed by atoms with Crippen molar-refractivity contribution in [2.75, 3.05) is 5.32 Å². The average Bonchev–Trinajstić information content (AvgIpc) is 2.28. The van der Waals surface area contributed by atoms with Crippen molar-refractivity contribution in [3.05, 3.63) is 34.4 Å². The van der Waals surface area contributed by atoms with Gasteiger partial charge in [0.25, 0.3) is 5.69 Å². The van der Waals surface area contributed by atoms with Crippen LogP contribution in [0.25, 0.3) is 0 Å². The standard InChI is InChI=1S/C10H11N3O5/c11-8(5-9(14)15)10(16)12-6-1-3-7(4-2-6)13(17)18/h1-4,8H,5,11H2,(H,12,16)(H,14,15)/t8-/m0/s1. The van der Waals surface area contributed by atoms with Gasteiger partial charge in [0.1, 0.15) is 0 Å². The van der Waals surface area contributed by atoms with Crippen LogP contribution in [0.4, 0.5) is 11.4 Å². The summed E-state index contributed by atoms with van der Waals surface area (Å²) in [6.45, 7) is 0. The molecule has 4 N–H and O–H groups in total. The van der Waals surface area contributed by atoms with Crippen LogP contribution in [0.5, 0.6) is 0 Å². The fourth-order valence-corrected chi connectivity index (χ4v) is 1.18. The first kappa shape index (κ1) is 13.6. The van der Waals surface area contributed by atoms with Gasteiger partial charge in [-0.1, -0.05) is 0 Å². The molecule has 1 amide bonds. The summed E-state index contributed by atoms with van der Waals surface area (Å²) in [5, 5.41) is 21.2. The molecule has 0 aromatic heterocycles. The fourth-order valence-electron chi connectivity index (χ4n) is 1.18. The number of anilines is 1. The summed E-state index contributed by atoms with van der Waals surface area (Å²) < 4.78 is 0. The van der Waals surface area contributed by atoms with Crippen molar-refractivity contribution in [2.24, 2.45) is 5.73 Å². The Balaban J connectivity index is 2.64. The lowest BCUT2D eigenvalue weighted by Crippen LogP contribution is -2.37. The Hall–Kier alpha value is -2.48. The summed E-state index contributed by atoms with van der Waals surface area (Å²) >= 11 is 0. The number of nitro groups is 1. The molecule has 0 fully saturated rings. The van der Waals surface area contributed by atoms with Crippen LogP contribution in [-0.4, -0.2) is 27.9 Å². The van der Waals surface area contributed by atoms with Crippen LogP contribution in [0.1, 0.15) is 6.42 Å². The second-order valence-corrected chi connectivity index (χ2v) is 3.50. The van der Waals surface area contributed by atoms with Gasteiger partial charge in [-0.2, -0.15) is 0 Å². The SMILES string of the molecule is N[C@@H](CC(=O)O)C(=O)Nc1ccc([N+](=O)[O-])cc1. The van der Waals surface area contributed by atoms with Gasteiger partial charge < -0.3 is 16.2 Å². The van der Waals surface area contributed by atoms with Gasteiger partial charge >= 0.3 is 5.97 Å². The van der Waals surface area contributed by atoms with E-state index in [2.05, 4.69) is 5.32 Å². The minimum absolute atomic E-state index is 0.108. The van der Waals surface area contributed by atoms with E-state index in [4.69, 9.17) is 10.8 Å². The third-order valence-electron chi connectivity index (χ3n) is 2.08. The summed E-state index contributed by atoms with van der Waals surface area (Å²) in [7, 11) is 0. The fraction of sp³-hybridized carbons (Fsp3) is 0.200. The molecule has 1 aromatic rings. The predicted octanol–water partition coefficient (Wildman–Crippen LogP) is 0.335. The molecule has 0 saturated heterocycles. The largest absolute Gasteiger partial charge is 0.481 e. The van der Waals surface area contributed by atoms with Crippen LogP contribution in [0.15, 0.2) is 24.3 Å². The highest BCUT2D eigenvalue weighted by molar-refractivity contribution is 5.96. The maximum Gasteiger partial charge on any atom is 0.305 e. The number of rotatable bonds is 5. The lowest BCUT2D eigenvalue weighted by atomic mass is 10.2. The zero-order chi connectivity index (χ0) is 13.7. The van der Waals surface area contributed by atoms with Crippen molar-refractivity contribution >= 4 is 23.3 Å². The summed E-state index contributed by atoms with van der Waals surface area (Å²) in [4.78, 5) is 31.6. The van der Waals surface area contributed by atoms with Gasteiger partial charge in [-0.05, 0) is 12.1 Å². The molecule has 0 saturated carbocycles. The molecule has 0 unspecified atom stereocenters. The minimum atomic E-state index is -1.18. The monoisotopic (exact) mass is 253 g/mol. The highest BCUT2D eigenvalue weighted by Crippen LogP contribution is 2.15. The predicted molar refractivity (Wildman–Crippen MR) is 62.0 cm³/mol. The van der Waals surface area contributed by atoms with Gasteiger partial charge in [-0.25, -0.2) is 0 Å². The van der Waals surface area contributed by atoms with Crippen molar-refractivity contribution in [3.63, 3.8) is 0 Å². The lowest BCUT2D eigenvalue weighted by Gasteiger charge is -2.09. The number of nitro benzene ring substituents is 1. The summed E-state index contributed by atoms with van der Waals surface area (Å²) in [5.41, 5.74) is 5.55. The number of carboxylic acids is 1. The molecule has 0 aliphatic carbocycles. The average molecular weight is 253 g/mol. The Bertz CT molecular complexity index is 471. The van der Waals surface area contributed by atoms with E-state index in [1.165, 1.54) is 24.3 Å². The highest BCUT2D eigenvalue weighted by atomic mass is 16.6. The molecule has 0 bridgehead atoms. The Kier molecular flexibility index (Phi) is 4.33. The van der Waals surface area contributed by atoms with Gasteiger partial charge in [0.05, 0.1) is 17.4 Å². The van der Waals surface area contributed by atoms with Crippen LogP contribution >= 0.6 is 0 Å². The molecule has 0 radical (unpaired) electrons. The molecular weight excluding hydrogens is 242 g/mol. The van der Waals surface area contributed by atoms with Crippen LogP contribution in [0.3, 0.4) is 0 Å². The summed E-state index contributed by atoms with van der Waals surface area (Å²) in [6.07, 6.45) is -0.487. The van der Waals surface area contributed by atoms with Crippen molar-refractivity contribution in [2.45, 2.75) is 12.5 Å². The first-order valence-electron chi connectivity index (χ1n) is 4.93. The second-order valence-electron chi connectivity index (χ2n) is 3.50. The van der Waals surface area contributed by atoms with Gasteiger partial charge in [-0.15, -0.1) is 0 Å². The molecule has 0 heterocycles. The van der Waals surface area contributed by atoms with Crippen LogP contribution in [-0.2, 0) is 9.59 Å². The van der Waals surface area contributed by atoms with E-state index in [9.17, 15) is 19.7 Å². The second kappa shape index (κ2) is 5.73. The van der Waals surface area contributed by atoms with E-state index in [0.29, 0.717) is 5.69 Å². The third kappa shape index (κ3) is 3.83. The van der Waals surface area contributed by atoms with E-state index in [1.54, 1.807) is 0 Å². The van der Waals surface area contributed by atoms with Crippen LogP contribution < -0.4 is 11.1 Å². The molecule has 96 valence electrons. The van der Waals surface area contributed by atoms with Crippen molar-refractivity contribution in [3.8, 4) is 0 Å². The number of carboxylic acid groups (broad SMARTS) is 1. The lowest BCUT2D eigenvalue weighted by molar-refractivity contribution is -0.384. The van der Waals surface area contributed by atoms with Crippen molar-refractivity contribution < 1.29 is 19.6 Å². The van der Waals surface area contributed by atoms with Crippen molar-refractivity contribution in [1.29, 1.82) is 0 Å². The van der Waals surface area contributed by atoms with Gasteiger partial charge in [0.2, 0.25) is 5.91 Å². The number of carbonyl (C=O) groups excluding carboxylic acids is 1. The van der Waals surface area contributed by atoms with E-state index in [-0.39, 0.29) is 5.69 Å². The minimum Gasteiger partial charge on any atom is -0.481 e. The number of amides is 1. The number of nitrogens with one attached hydrogen (secondary N) is 1. The zero-order valence-electron chi connectivity index (χ0n) is 9.20. The molecule has 0 spiro atoms. The maximum absolute atomic E-state index is 11.4. The molecule has 8 heteroatoms.